The molecule has 1 amide bonds. The molecule has 0 radical (unpaired) electrons. The zero-order chi connectivity index (χ0) is 26.0. The van der Waals surface area contributed by atoms with Crippen LogP contribution in [0.2, 0.25) is 0 Å². The fourth-order valence-electron chi connectivity index (χ4n) is 2.82. The predicted octanol–water partition coefficient (Wildman–Crippen LogP) is 1.64. The summed E-state index contributed by atoms with van der Waals surface area (Å²) in [5.41, 5.74) is -0.450. The first-order valence-corrected chi connectivity index (χ1v) is 11.4. The van der Waals surface area contributed by atoms with Gasteiger partial charge in [-0.15, -0.1) is 13.2 Å². The van der Waals surface area contributed by atoms with Crippen LogP contribution in [0.3, 0.4) is 0 Å². The van der Waals surface area contributed by atoms with Crippen molar-refractivity contribution in [2.45, 2.75) is 24.2 Å². The fraction of sp³-hybridized carbons (Fsp3) is 0.263. The van der Waals surface area contributed by atoms with Crippen LogP contribution in [0, 0.1) is 0 Å². The first-order chi connectivity index (χ1) is 16.3. The van der Waals surface area contributed by atoms with Crippen LogP contribution in [0.5, 0.6) is 5.75 Å². The van der Waals surface area contributed by atoms with E-state index in [-0.39, 0.29) is 17.3 Å². The number of methoxy groups -OCH3 is 1. The van der Waals surface area contributed by atoms with Gasteiger partial charge < -0.3 is 14.8 Å². The summed E-state index contributed by atoms with van der Waals surface area (Å²) in [5, 5.41) is 6.49. The van der Waals surface area contributed by atoms with Gasteiger partial charge in [-0.05, 0) is 25.1 Å². The summed E-state index contributed by atoms with van der Waals surface area (Å²) in [7, 11) is -2.78. The fourth-order valence-corrected chi connectivity index (χ4v) is 3.49. The molecule has 0 saturated heterocycles. The van der Waals surface area contributed by atoms with E-state index in [0.29, 0.717) is 6.07 Å². The number of amides is 1. The minimum Gasteiger partial charge on any atom is -0.464 e. The number of rotatable bonds is 7. The van der Waals surface area contributed by atoms with Crippen molar-refractivity contribution >= 4 is 21.7 Å². The van der Waals surface area contributed by atoms with Gasteiger partial charge >= 0.3 is 12.3 Å². The number of sulfone groups is 1. The molecule has 0 spiro atoms. The molecule has 12 nitrogen and oxygen atoms in total. The van der Waals surface area contributed by atoms with Crippen molar-refractivity contribution in [1.29, 1.82) is 0 Å². The van der Waals surface area contributed by atoms with Gasteiger partial charge in [0.25, 0.3) is 5.91 Å². The molecule has 0 bridgehead atoms. The molecule has 1 aromatic carbocycles. The van der Waals surface area contributed by atoms with Crippen LogP contribution in [0.15, 0.2) is 41.8 Å². The maximum absolute atomic E-state index is 12.8. The number of ether oxygens (including phenoxy) is 2. The Kier molecular flexibility index (Phi) is 7.04. The number of nitrogens with one attached hydrogen (secondary N) is 1. The van der Waals surface area contributed by atoms with Crippen LogP contribution < -0.4 is 10.1 Å². The molecule has 186 valence electrons. The molecule has 2 aromatic heterocycles. The smallest absolute Gasteiger partial charge is 0.464 e. The van der Waals surface area contributed by atoms with Crippen molar-refractivity contribution in [3.8, 4) is 11.6 Å². The Labute approximate surface area is 196 Å². The van der Waals surface area contributed by atoms with Crippen LogP contribution in [-0.2, 0) is 14.6 Å². The van der Waals surface area contributed by atoms with Crippen molar-refractivity contribution in [1.82, 2.24) is 30.0 Å². The van der Waals surface area contributed by atoms with E-state index >= 15 is 0 Å². The van der Waals surface area contributed by atoms with E-state index in [1.54, 1.807) is 0 Å². The Bertz CT molecular complexity index is 1360. The minimum absolute atomic E-state index is 0.0538. The average Bonchev–Trinajstić information content (AvgIpc) is 3.27. The Morgan fingerprint density at radius 2 is 1.83 bits per heavy atom. The van der Waals surface area contributed by atoms with E-state index in [4.69, 9.17) is 0 Å². The van der Waals surface area contributed by atoms with E-state index in [0.717, 1.165) is 30.9 Å². The molecule has 16 heteroatoms. The minimum atomic E-state index is -5.10. The lowest BCUT2D eigenvalue weighted by Gasteiger charge is -2.16. The predicted molar refractivity (Wildman–Crippen MR) is 110 cm³/mol. The Balaban J connectivity index is 1.87. The molecular formula is C19H17F3N6O6S. The third-order valence-corrected chi connectivity index (χ3v) is 5.45. The summed E-state index contributed by atoms with van der Waals surface area (Å²) in [6.45, 7) is 1.50. The topological polar surface area (TPSA) is 155 Å². The standard InChI is InChI=1S/C19H17F3N6O6S/c1-10(16-25-9-26-28(16)15-8-23-14(7-24-15)18(30)33-2)27-17(29)11-4-12(34-19(20,21)22)6-13(5-11)35(3,31)32/h4-10H,1-3H3,(H,27,29)/t10-/m0/s1. The van der Waals surface area contributed by atoms with Gasteiger partial charge in [0.05, 0.1) is 30.4 Å². The first-order valence-electron chi connectivity index (χ1n) is 9.51. The Morgan fingerprint density at radius 3 is 2.40 bits per heavy atom. The normalized spacial score (nSPS) is 12.6. The lowest BCUT2D eigenvalue weighted by atomic mass is 10.2. The zero-order valence-corrected chi connectivity index (χ0v) is 19.1. The molecule has 3 aromatic rings. The van der Waals surface area contributed by atoms with Gasteiger partial charge in [0.15, 0.2) is 27.2 Å². The SMILES string of the molecule is COC(=O)c1cnc(-n2ncnc2[C@H](C)NC(=O)c2cc(OC(F)(F)F)cc(S(C)(=O)=O)c2)cn1. The average molecular weight is 514 g/mol. The van der Waals surface area contributed by atoms with Gasteiger partial charge in [-0.25, -0.2) is 28.2 Å². The molecular weight excluding hydrogens is 497 g/mol. The summed E-state index contributed by atoms with van der Waals surface area (Å²) in [5.74, 6) is -2.18. The summed E-state index contributed by atoms with van der Waals surface area (Å²) >= 11 is 0. The van der Waals surface area contributed by atoms with Crippen molar-refractivity contribution in [3.05, 3.63) is 54.0 Å². The second-order valence-electron chi connectivity index (χ2n) is 6.99. The quantitative estimate of drug-likeness (QED) is 0.460. The lowest BCUT2D eigenvalue weighted by molar-refractivity contribution is -0.274. The molecule has 0 fully saturated rings. The molecule has 0 aliphatic heterocycles. The van der Waals surface area contributed by atoms with Gasteiger partial charge in [0.2, 0.25) is 0 Å². The molecule has 3 rings (SSSR count). The second kappa shape index (κ2) is 9.65. The summed E-state index contributed by atoms with van der Waals surface area (Å²) in [4.78, 5) is 35.7. The van der Waals surface area contributed by atoms with Crippen LogP contribution in [0.4, 0.5) is 13.2 Å². The summed E-state index contributed by atoms with van der Waals surface area (Å²) in [6, 6.07) is 1.46. The van der Waals surface area contributed by atoms with Crippen LogP contribution in [-0.4, -0.2) is 64.8 Å². The van der Waals surface area contributed by atoms with Gasteiger partial charge in [0, 0.05) is 11.8 Å². The number of aromatic nitrogens is 5. The number of alkyl halides is 3. The monoisotopic (exact) mass is 514 g/mol. The number of esters is 1. The molecule has 0 unspecified atom stereocenters. The maximum Gasteiger partial charge on any atom is 0.573 e. The van der Waals surface area contributed by atoms with Gasteiger partial charge in [-0.2, -0.15) is 9.78 Å². The van der Waals surface area contributed by atoms with E-state index in [2.05, 4.69) is 34.8 Å². The highest BCUT2D eigenvalue weighted by Crippen LogP contribution is 2.27. The molecule has 2 heterocycles. The maximum atomic E-state index is 12.8. The van der Waals surface area contributed by atoms with E-state index < -0.39 is 50.3 Å². The highest BCUT2D eigenvalue weighted by atomic mass is 32.2. The van der Waals surface area contributed by atoms with Gasteiger partial charge in [0.1, 0.15) is 12.1 Å². The van der Waals surface area contributed by atoms with Crippen LogP contribution >= 0.6 is 0 Å². The number of benzene rings is 1. The van der Waals surface area contributed by atoms with Crippen molar-refractivity contribution in [3.63, 3.8) is 0 Å². The van der Waals surface area contributed by atoms with Crippen molar-refractivity contribution in [2.75, 3.05) is 13.4 Å². The lowest BCUT2D eigenvalue weighted by Crippen LogP contribution is -2.29. The number of hydrogen-bond acceptors (Lipinski definition) is 10. The van der Waals surface area contributed by atoms with Gasteiger partial charge in [-0.3, -0.25) is 4.79 Å². The van der Waals surface area contributed by atoms with Gasteiger partial charge in [-0.1, -0.05) is 0 Å². The highest BCUT2D eigenvalue weighted by molar-refractivity contribution is 7.90. The van der Waals surface area contributed by atoms with Crippen molar-refractivity contribution < 1.29 is 40.7 Å². The number of nitrogens with zero attached hydrogens (tertiary/aromatic N) is 5. The molecule has 0 aliphatic carbocycles. The Hall–Kier alpha value is -4.08. The largest absolute Gasteiger partial charge is 0.573 e. The molecule has 0 aliphatic rings. The Morgan fingerprint density at radius 1 is 1.11 bits per heavy atom. The molecule has 0 saturated carbocycles. The van der Waals surface area contributed by atoms with Crippen LogP contribution in [0.25, 0.3) is 5.82 Å². The zero-order valence-electron chi connectivity index (χ0n) is 18.3. The molecule has 1 atom stereocenters. The highest BCUT2D eigenvalue weighted by Gasteiger charge is 2.32. The van der Waals surface area contributed by atoms with E-state index in [1.807, 2.05) is 0 Å². The number of carbonyl (C=O) groups is 2. The molecule has 35 heavy (non-hydrogen) atoms. The van der Waals surface area contributed by atoms with E-state index in [9.17, 15) is 31.2 Å². The number of halogens is 3. The third kappa shape index (κ3) is 6.28. The second-order valence-corrected chi connectivity index (χ2v) is 9.01. The number of hydrogen-bond donors (Lipinski definition) is 1. The first kappa shape index (κ1) is 25.5. The third-order valence-electron chi connectivity index (χ3n) is 4.36. The van der Waals surface area contributed by atoms with Crippen molar-refractivity contribution in [2.24, 2.45) is 0 Å². The number of carbonyl (C=O) groups excluding carboxylic acids is 2. The van der Waals surface area contributed by atoms with E-state index in [1.165, 1.54) is 24.9 Å². The summed E-state index contributed by atoms with van der Waals surface area (Å²) < 4.78 is 71.3. The van der Waals surface area contributed by atoms with Crippen LogP contribution in [0.1, 0.15) is 39.6 Å². The summed E-state index contributed by atoms with van der Waals surface area (Å²) in [6.07, 6.45) is -0.797. The molecule has 1 N–H and O–H groups in total.